The van der Waals surface area contributed by atoms with Gasteiger partial charge in [0, 0.05) is 26.2 Å². The molecule has 0 saturated carbocycles. The molecule has 3 heteroatoms. The summed E-state index contributed by atoms with van der Waals surface area (Å²) < 4.78 is 5.20. The number of nitrogens with one attached hydrogen (secondary N) is 2. The summed E-state index contributed by atoms with van der Waals surface area (Å²) in [6.07, 6.45) is 4.31. The van der Waals surface area contributed by atoms with Crippen LogP contribution in [0.15, 0.2) is 0 Å². The van der Waals surface area contributed by atoms with Crippen LogP contribution in [0.5, 0.6) is 0 Å². The van der Waals surface area contributed by atoms with Crippen LogP contribution in [0.3, 0.4) is 0 Å². The van der Waals surface area contributed by atoms with Crippen LogP contribution in [0.25, 0.3) is 0 Å². The number of piperidine rings is 1. The smallest absolute Gasteiger partial charge is 0.0667 e. The van der Waals surface area contributed by atoms with Crippen molar-refractivity contribution in [3.8, 4) is 0 Å². The predicted molar refractivity (Wildman–Crippen MR) is 64.1 cm³/mol. The molecule has 15 heavy (non-hydrogen) atoms. The third-order valence-corrected chi connectivity index (χ3v) is 3.41. The highest BCUT2D eigenvalue weighted by Crippen LogP contribution is 2.18. The van der Waals surface area contributed by atoms with Gasteiger partial charge in [0.05, 0.1) is 6.10 Å². The van der Waals surface area contributed by atoms with Crippen molar-refractivity contribution in [1.29, 1.82) is 0 Å². The van der Waals surface area contributed by atoms with Crippen molar-refractivity contribution in [2.45, 2.75) is 45.3 Å². The Balaban J connectivity index is 2.10. The highest BCUT2D eigenvalue weighted by atomic mass is 16.5. The van der Waals surface area contributed by atoms with Gasteiger partial charge in [0.1, 0.15) is 0 Å². The van der Waals surface area contributed by atoms with E-state index in [1.807, 2.05) is 0 Å². The van der Waals surface area contributed by atoms with Crippen molar-refractivity contribution in [2.24, 2.45) is 5.92 Å². The summed E-state index contributed by atoms with van der Waals surface area (Å²) >= 11 is 0. The number of methoxy groups -OCH3 is 1. The normalized spacial score (nSPS) is 29.0. The second kappa shape index (κ2) is 7.20. The zero-order valence-corrected chi connectivity index (χ0v) is 10.4. The first-order valence-corrected chi connectivity index (χ1v) is 6.23. The van der Waals surface area contributed by atoms with Crippen molar-refractivity contribution in [3.63, 3.8) is 0 Å². The molecule has 0 amide bonds. The Morgan fingerprint density at radius 3 is 3.00 bits per heavy atom. The number of hydrogen-bond acceptors (Lipinski definition) is 3. The molecule has 1 aliphatic heterocycles. The number of rotatable bonds is 6. The van der Waals surface area contributed by atoms with Crippen LogP contribution < -0.4 is 10.6 Å². The minimum absolute atomic E-state index is 0.315. The molecule has 1 rings (SSSR count). The Bertz CT molecular complexity index is 164. The van der Waals surface area contributed by atoms with Gasteiger partial charge < -0.3 is 15.4 Å². The molecule has 0 aromatic rings. The van der Waals surface area contributed by atoms with E-state index in [0.717, 1.165) is 19.0 Å². The maximum atomic E-state index is 5.20. The van der Waals surface area contributed by atoms with Crippen LogP contribution in [0.1, 0.15) is 33.1 Å². The van der Waals surface area contributed by atoms with E-state index < -0.39 is 0 Å². The maximum absolute atomic E-state index is 5.20. The lowest BCUT2D eigenvalue weighted by Gasteiger charge is -2.30. The van der Waals surface area contributed by atoms with Crippen molar-refractivity contribution < 1.29 is 4.74 Å². The van der Waals surface area contributed by atoms with E-state index in [4.69, 9.17) is 4.74 Å². The second-order valence-corrected chi connectivity index (χ2v) is 4.65. The molecule has 0 radical (unpaired) electrons. The van der Waals surface area contributed by atoms with Gasteiger partial charge in [-0.3, -0.25) is 0 Å². The van der Waals surface area contributed by atoms with Crippen LogP contribution in [0.4, 0.5) is 0 Å². The summed E-state index contributed by atoms with van der Waals surface area (Å²) in [4.78, 5) is 0. The van der Waals surface area contributed by atoms with Gasteiger partial charge in [0.15, 0.2) is 0 Å². The van der Waals surface area contributed by atoms with Gasteiger partial charge in [-0.05, 0) is 32.2 Å². The molecule has 3 unspecified atom stereocenters. The molecular formula is C12H26N2O. The molecule has 2 N–H and O–H groups in total. The predicted octanol–water partition coefficient (Wildman–Crippen LogP) is 1.39. The fourth-order valence-electron chi connectivity index (χ4n) is 2.17. The second-order valence-electron chi connectivity index (χ2n) is 4.65. The van der Waals surface area contributed by atoms with Crippen LogP contribution in [-0.2, 0) is 4.74 Å². The van der Waals surface area contributed by atoms with Crippen LogP contribution in [0, 0.1) is 5.92 Å². The topological polar surface area (TPSA) is 33.3 Å². The van der Waals surface area contributed by atoms with Crippen molar-refractivity contribution >= 4 is 0 Å². The van der Waals surface area contributed by atoms with E-state index in [1.54, 1.807) is 7.11 Å². The van der Waals surface area contributed by atoms with Gasteiger partial charge in [-0.15, -0.1) is 0 Å². The highest BCUT2D eigenvalue weighted by Gasteiger charge is 2.19. The fourth-order valence-corrected chi connectivity index (χ4v) is 2.17. The minimum Gasteiger partial charge on any atom is -0.380 e. The lowest BCUT2D eigenvalue weighted by molar-refractivity contribution is 0.116. The molecule has 0 aromatic heterocycles. The van der Waals surface area contributed by atoms with E-state index in [-0.39, 0.29) is 0 Å². The van der Waals surface area contributed by atoms with Crippen molar-refractivity contribution in [2.75, 3.05) is 26.7 Å². The minimum atomic E-state index is 0.315. The number of hydrogen-bond donors (Lipinski definition) is 2. The van der Waals surface area contributed by atoms with E-state index in [2.05, 4.69) is 24.5 Å². The molecule has 0 bridgehead atoms. The van der Waals surface area contributed by atoms with E-state index in [1.165, 1.54) is 25.8 Å². The molecule has 3 nitrogen and oxygen atoms in total. The van der Waals surface area contributed by atoms with Gasteiger partial charge in [0.25, 0.3) is 0 Å². The van der Waals surface area contributed by atoms with Gasteiger partial charge >= 0.3 is 0 Å². The Morgan fingerprint density at radius 2 is 2.33 bits per heavy atom. The van der Waals surface area contributed by atoms with Gasteiger partial charge in [0.2, 0.25) is 0 Å². The Labute approximate surface area is 94.0 Å². The van der Waals surface area contributed by atoms with E-state index in [9.17, 15) is 0 Å². The number of ether oxygens (including phenoxy) is 1. The summed E-state index contributed by atoms with van der Waals surface area (Å²) in [5.41, 5.74) is 0. The molecule has 1 saturated heterocycles. The summed E-state index contributed by atoms with van der Waals surface area (Å²) in [7, 11) is 1.76. The van der Waals surface area contributed by atoms with E-state index in [0.29, 0.717) is 12.1 Å². The summed E-state index contributed by atoms with van der Waals surface area (Å²) in [6, 6.07) is 0.660. The maximum Gasteiger partial charge on any atom is 0.0667 e. The lowest BCUT2D eigenvalue weighted by atomic mass is 9.90. The SMILES string of the molecule is CCC1CCNC(CNCC(C)OC)C1. The average Bonchev–Trinajstić information content (AvgIpc) is 2.29. The summed E-state index contributed by atoms with van der Waals surface area (Å²) in [5.74, 6) is 0.929. The third kappa shape index (κ3) is 4.96. The van der Waals surface area contributed by atoms with Crippen molar-refractivity contribution in [1.82, 2.24) is 10.6 Å². The fraction of sp³-hybridized carbons (Fsp3) is 1.00. The van der Waals surface area contributed by atoms with Gasteiger partial charge in [-0.1, -0.05) is 13.3 Å². The Hall–Kier alpha value is -0.120. The van der Waals surface area contributed by atoms with Crippen molar-refractivity contribution in [3.05, 3.63) is 0 Å². The summed E-state index contributed by atoms with van der Waals surface area (Å²) in [6.45, 7) is 7.60. The Kier molecular flexibility index (Phi) is 6.22. The standard InChI is InChI=1S/C12H26N2O/c1-4-11-5-6-14-12(7-11)9-13-8-10(2)15-3/h10-14H,4-9H2,1-3H3. The first-order valence-electron chi connectivity index (χ1n) is 6.23. The Morgan fingerprint density at radius 1 is 1.53 bits per heavy atom. The molecule has 0 aromatic carbocycles. The quantitative estimate of drug-likeness (QED) is 0.701. The first-order chi connectivity index (χ1) is 7.26. The lowest BCUT2D eigenvalue weighted by Crippen LogP contribution is -2.45. The molecule has 0 aliphatic carbocycles. The van der Waals surface area contributed by atoms with Gasteiger partial charge in [-0.25, -0.2) is 0 Å². The molecular weight excluding hydrogens is 188 g/mol. The highest BCUT2D eigenvalue weighted by molar-refractivity contribution is 4.79. The average molecular weight is 214 g/mol. The monoisotopic (exact) mass is 214 g/mol. The molecule has 1 heterocycles. The molecule has 90 valence electrons. The van der Waals surface area contributed by atoms with Crippen LogP contribution in [-0.4, -0.2) is 38.9 Å². The van der Waals surface area contributed by atoms with E-state index >= 15 is 0 Å². The zero-order valence-electron chi connectivity index (χ0n) is 10.4. The molecule has 0 spiro atoms. The largest absolute Gasteiger partial charge is 0.380 e. The third-order valence-electron chi connectivity index (χ3n) is 3.41. The first kappa shape index (κ1) is 12.9. The van der Waals surface area contributed by atoms with Crippen LogP contribution in [0.2, 0.25) is 0 Å². The van der Waals surface area contributed by atoms with Gasteiger partial charge in [-0.2, -0.15) is 0 Å². The zero-order chi connectivity index (χ0) is 11.1. The summed E-state index contributed by atoms with van der Waals surface area (Å²) in [5, 5.41) is 7.03. The molecule has 1 aliphatic rings. The van der Waals surface area contributed by atoms with Crippen LogP contribution >= 0.6 is 0 Å². The molecule has 3 atom stereocenters. The molecule has 1 fully saturated rings.